The SMILES string of the molecule is O=c1[nH]c2ccc(Oc3c(Cl)cc([N+](=O)[O-])cc3Cl)cc2[nH]1. The zero-order valence-corrected chi connectivity index (χ0v) is 12.2. The number of aromatic amines is 2. The number of imidazole rings is 1. The number of aromatic nitrogens is 2. The standard InChI is InChI=1S/C13H7Cl2N3O4/c14-8-3-6(18(20)21)4-9(15)12(8)22-7-1-2-10-11(5-7)17-13(19)16-10/h1-5H,(H2,16,17,19). The molecule has 0 atom stereocenters. The minimum atomic E-state index is -0.599. The van der Waals surface area contributed by atoms with Crippen LogP contribution in [0.3, 0.4) is 0 Å². The van der Waals surface area contributed by atoms with E-state index in [-0.39, 0.29) is 27.2 Å². The summed E-state index contributed by atoms with van der Waals surface area (Å²) >= 11 is 11.9. The van der Waals surface area contributed by atoms with Gasteiger partial charge in [-0.05, 0) is 12.1 Å². The third-order valence-corrected chi connectivity index (χ3v) is 3.46. The normalized spacial score (nSPS) is 10.8. The highest BCUT2D eigenvalue weighted by Crippen LogP contribution is 2.39. The van der Waals surface area contributed by atoms with Crippen LogP contribution in [0.5, 0.6) is 11.5 Å². The summed E-state index contributed by atoms with van der Waals surface area (Å²) in [7, 11) is 0. The molecule has 1 aromatic heterocycles. The molecule has 0 amide bonds. The first-order chi connectivity index (χ1) is 10.4. The maximum atomic E-state index is 11.2. The lowest BCUT2D eigenvalue weighted by Gasteiger charge is -2.09. The van der Waals surface area contributed by atoms with Crippen molar-refractivity contribution in [3.8, 4) is 11.5 Å². The average Bonchev–Trinajstić information content (AvgIpc) is 2.81. The number of fused-ring (bicyclic) bond motifs is 1. The highest BCUT2D eigenvalue weighted by atomic mass is 35.5. The van der Waals surface area contributed by atoms with Gasteiger partial charge in [0.15, 0.2) is 5.75 Å². The van der Waals surface area contributed by atoms with E-state index in [9.17, 15) is 14.9 Å². The van der Waals surface area contributed by atoms with E-state index < -0.39 is 4.92 Å². The Hall–Kier alpha value is -2.51. The van der Waals surface area contributed by atoms with Gasteiger partial charge in [0.2, 0.25) is 0 Å². The molecule has 2 aromatic carbocycles. The van der Waals surface area contributed by atoms with Crippen molar-refractivity contribution in [1.82, 2.24) is 9.97 Å². The molecule has 7 nitrogen and oxygen atoms in total. The Labute approximate surface area is 132 Å². The molecule has 0 saturated heterocycles. The van der Waals surface area contributed by atoms with Crippen LogP contribution in [0, 0.1) is 10.1 Å². The van der Waals surface area contributed by atoms with Crippen LogP contribution in [0.25, 0.3) is 11.0 Å². The third kappa shape index (κ3) is 2.63. The van der Waals surface area contributed by atoms with E-state index in [2.05, 4.69) is 9.97 Å². The first-order valence-corrected chi connectivity index (χ1v) is 6.73. The maximum Gasteiger partial charge on any atom is 0.323 e. The van der Waals surface area contributed by atoms with Gasteiger partial charge < -0.3 is 14.7 Å². The summed E-state index contributed by atoms with van der Waals surface area (Å²) in [5, 5.41) is 10.8. The van der Waals surface area contributed by atoms with E-state index in [4.69, 9.17) is 27.9 Å². The lowest BCUT2D eigenvalue weighted by molar-refractivity contribution is -0.384. The second kappa shape index (κ2) is 5.36. The molecule has 0 spiro atoms. The van der Waals surface area contributed by atoms with Crippen LogP contribution in [0.4, 0.5) is 5.69 Å². The van der Waals surface area contributed by atoms with Gasteiger partial charge in [0.05, 0.1) is 26.0 Å². The van der Waals surface area contributed by atoms with E-state index in [0.717, 1.165) is 12.1 Å². The molecular formula is C13H7Cl2N3O4. The van der Waals surface area contributed by atoms with Crippen molar-refractivity contribution >= 4 is 39.9 Å². The number of hydrogen-bond acceptors (Lipinski definition) is 4. The van der Waals surface area contributed by atoms with Gasteiger partial charge in [-0.2, -0.15) is 0 Å². The molecule has 0 aliphatic rings. The highest BCUT2D eigenvalue weighted by molar-refractivity contribution is 6.37. The molecular weight excluding hydrogens is 333 g/mol. The Morgan fingerprint density at radius 1 is 1.05 bits per heavy atom. The minimum Gasteiger partial charge on any atom is -0.454 e. The van der Waals surface area contributed by atoms with E-state index in [0.29, 0.717) is 16.8 Å². The summed E-state index contributed by atoms with van der Waals surface area (Å²) in [4.78, 5) is 26.5. The monoisotopic (exact) mass is 339 g/mol. The Kier molecular flexibility index (Phi) is 3.51. The Morgan fingerprint density at radius 3 is 2.32 bits per heavy atom. The topological polar surface area (TPSA) is 101 Å². The fourth-order valence-corrected chi connectivity index (χ4v) is 2.50. The van der Waals surface area contributed by atoms with Crippen molar-refractivity contribution in [3.63, 3.8) is 0 Å². The summed E-state index contributed by atoms with van der Waals surface area (Å²) in [6.07, 6.45) is 0. The molecule has 3 rings (SSSR count). The number of nitro groups is 1. The van der Waals surface area contributed by atoms with Crippen molar-refractivity contribution in [2.75, 3.05) is 0 Å². The lowest BCUT2D eigenvalue weighted by Crippen LogP contribution is -1.99. The average molecular weight is 340 g/mol. The molecule has 0 radical (unpaired) electrons. The molecule has 0 fully saturated rings. The summed E-state index contributed by atoms with van der Waals surface area (Å²) in [6.45, 7) is 0. The summed E-state index contributed by atoms with van der Waals surface area (Å²) in [5.74, 6) is 0.478. The van der Waals surface area contributed by atoms with Crippen LogP contribution < -0.4 is 10.4 Å². The molecule has 3 aromatic rings. The number of hydrogen-bond donors (Lipinski definition) is 2. The Morgan fingerprint density at radius 2 is 1.68 bits per heavy atom. The number of H-pyrrole nitrogens is 2. The molecule has 0 saturated carbocycles. The fourth-order valence-electron chi connectivity index (χ4n) is 1.94. The molecule has 0 aliphatic carbocycles. The van der Waals surface area contributed by atoms with Crippen molar-refractivity contribution in [2.24, 2.45) is 0 Å². The van der Waals surface area contributed by atoms with E-state index in [1.807, 2.05) is 0 Å². The second-order valence-electron chi connectivity index (χ2n) is 4.38. The molecule has 9 heteroatoms. The number of halogens is 2. The van der Waals surface area contributed by atoms with Crippen LogP contribution >= 0.6 is 23.2 Å². The Bertz CT molecular complexity index is 925. The fraction of sp³-hybridized carbons (Fsp3) is 0. The number of benzene rings is 2. The lowest BCUT2D eigenvalue weighted by atomic mass is 10.3. The molecule has 2 N–H and O–H groups in total. The zero-order chi connectivity index (χ0) is 15.9. The zero-order valence-electron chi connectivity index (χ0n) is 10.7. The highest BCUT2D eigenvalue weighted by Gasteiger charge is 2.16. The number of rotatable bonds is 3. The third-order valence-electron chi connectivity index (χ3n) is 2.90. The molecule has 0 bridgehead atoms. The first-order valence-electron chi connectivity index (χ1n) is 5.97. The number of nitrogens with zero attached hydrogens (tertiary/aromatic N) is 1. The van der Waals surface area contributed by atoms with Crippen molar-refractivity contribution in [2.45, 2.75) is 0 Å². The van der Waals surface area contributed by atoms with Gasteiger partial charge in [-0.3, -0.25) is 10.1 Å². The number of nitrogens with one attached hydrogen (secondary N) is 2. The predicted octanol–water partition coefficient (Wildman–Crippen LogP) is 3.86. The number of ether oxygens (including phenoxy) is 1. The second-order valence-corrected chi connectivity index (χ2v) is 5.20. The van der Waals surface area contributed by atoms with Crippen LogP contribution in [0.15, 0.2) is 35.1 Å². The Balaban J connectivity index is 2.00. The molecule has 1 heterocycles. The molecule has 112 valence electrons. The van der Waals surface area contributed by atoms with Gasteiger partial charge in [-0.15, -0.1) is 0 Å². The van der Waals surface area contributed by atoms with Gasteiger partial charge in [-0.25, -0.2) is 4.79 Å². The van der Waals surface area contributed by atoms with Crippen molar-refractivity contribution < 1.29 is 9.66 Å². The van der Waals surface area contributed by atoms with Crippen molar-refractivity contribution in [3.05, 3.63) is 61.0 Å². The largest absolute Gasteiger partial charge is 0.454 e. The van der Waals surface area contributed by atoms with E-state index in [1.165, 1.54) is 0 Å². The van der Waals surface area contributed by atoms with Gasteiger partial charge in [-0.1, -0.05) is 23.2 Å². The van der Waals surface area contributed by atoms with Crippen molar-refractivity contribution in [1.29, 1.82) is 0 Å². The number of nitro benzene ring substituents is 1. The summed E-state index contributed by atoms with van der Waals surface area (Å²) < 4.78 is 5.57. The van der Waals surface area contributed by atoms with Crippen LogP contribution in [-0.2, 0) is 0 Å². The maximum absolute atomic E-state index is 11.2. The predicted molar refractivity (Wildman–Crippen MR) is 82.1 cm³/mol. The van der Waals surface area contributed by atoms with E-state index >= 15 is 0 Å². The first kappa shape index (κ1) is 14.4. The summed E-state index contributed by atoms with van der Waals surface area (Å²) in [6, 6.07) is 7.15. The minimum absolute atomic E-state index is 0.0156. The smallest absolute Gasteiger partial charge is 0.323 e. The van der Waals surface area contributed by atoms with Crippen LogP contribution in [-0.4, -0.2) is 14.9 Å². The van der Waals surface area contributed by atoms with Gasteiger partial charge in [0, 0.05) is 18.2 Å². The quantitative estimate of drug-likeness (QED) is 0.558. The summed E-state index contributed by atoms with van der Waals surface area (Å²) in [5.41, 5.74) is 0.612. The number of non-ortho nitro benzene ring substituents is 1. The van der Waals surface area contributed by atoms with Crippen LogP contribution in [0.1, 0.15) is 0 Å². The van der Waals surface area contributed by atoms with Crippen LogP contribution in [0.2, 0.25) is 10.0 Å². The van der Waals surface area contributed by atoms with Gasteiger partial charge in [0.25, 0.3) is 5.69 Å². The van der Waals surface area contributed by atoms with Gasteiger partial charge >= 0.3 is 5.69 Å². The van der Waals surface area contributed by atoms with E-state index in [1.54, 1.807) is 18.2 Å². The molecule has 0 unspecified atom stereocenters. The molecule has 22 heavy (non-hydrogen) atoms. The molecule has 0 aliphatic heterocycles. The van der Waals surface area contributed by atoms with Gasteiger partial charge in [0.1, 0.15) is 5.75 Å².